The summed E-state index contributed by atoms with van der Waals surface area (Å²) in [6.07, 6.45) is 1.71. The summed E-state index contributed by atoms with van der Waals surface area (Å²) in [6.45, 7) is 5.75. The molecule has 1 fully saturated rings. The van der Waals surface area contributed by atoms with Crippen LogP contribution in [0, 0.1) is 6.92 Å². The van der Waals surface area contributed by atoms with Crippen LogP contribution >= 0.6 is 15.9 Å². The summed E-state index contributed by atoms with van der Waals surface area (Å²) in [7, 11) is -3.70. The molecule has 4 rings (SSSR count). The minimum atomic E-state index is -3.70. The van der Waals surface area contributed by atoms with E-state index in [0.717, 1.165) is 5.82 Å². The van der Waals surface area contributed by atoms with E-state index in [0.29, 0.717) is 60.5 Å². The Bertz CT molecular complexity index is 1220. The highest BCUT2D eigenvalue weighted by molar-refractivity contribution is 9.10. The van der Waals surface area contributed by atoms with E-state index in [2.05, 4.69) is 41.1 Å². The van der Waals surface area contributed by atoms with Gasteiger partial charge in [0.05, 0.1) is 6.61 Å². The predicted molar refractivity (Wildman–Crippen MR) is 131 cm³/mol. The maximum atomic E-state index is 13.4. The Hall–Kier alpha value is -2.76. The molecule has 0 amide bonds. The van der Waals surface area contributed by atoms with Gasteiger partial charge in [0.2, 0.25) is 10.0 Å². The van der Waals surface area contributed by atoms with Crippen LogP contribution in [0.25, 0.3) is 0 Å². The number of ether oxygens (including phenoxy) is 1. The van der Waals surface area contributed by atoms with Crippen LogP contribution < -0.4 is 15.0 Å². The van der Waals surface area contributed by atoms with Crippen molar-refractivity contribution in [2.24, 2.45) is 0 Å². The Balaban J connectivity index is 1.50. The lowest BCUT2D eigenvalue weighted by atomic mass is 10.3. The van der Waals surface area contributed by atoms with Crippen LogP contribution in [-0.2, 0) is 10.0 Å². The lowest BCUT2D eigenvalue weighted by molar-refractivity contribution is 0.327. The molecule has 3 heterocycles. The largest absolute Gasteiger partial charge is 0.492 e. The number of hydrogen-bond acceptors (Lipinski definition) is 8. The molecule has 9 nitrogen and oxygen atoms in total. The summed E-state index contributed by atoms with van der Waals surface area (Å²) >= 11 is 3.37. The summed E-state index contributed by atoms with van der Waals surface area (Å²) < 4.78 is 34.5. The Kier molecular flexibility index (Phi) is 7.11. The second-order valence-corrected chi connectivity index (χ2v) is 10.2. The van der Waals surface area contributed by atoms with Crippen LogP contribution in [0.15, 0.2) is 58.0 Å². The van der Waals surface area contributed by atoms with Crippen LogP contribution in [0.2, 0.25) is 0 Å². The summed E-state index contributed by atoms with van der Waals surface area (Å²) in [6, 6.07) is 12.5. The van der Waals surface area contributed by atoms with E-state index >= 15 is 0 Å². The monoisotopic (exact) mass is 532 g/mol. The van der Waals surface area contributed by atoms with Gasteiger partial charge in [-0.3, -0.25) is 0 Å². The molecular weight excluding hydrogens is 508 g/mol. The van der Waals surface area contributed by atoms with E-state index in [9.17, 15) is 8.42 Å². The number of sulfonamides is 1. The highest BCUT2D eigenvalue weighted by atomic mass is 79.9. The first-order valence-corrected chi connectivity index (χ1v) is 12.8. The second-order valence-electron chi connectivity index (χ2n) is 7.41. The number of aromatic nitrogens is 3. The fourth-order valence-corrected chi connectivity index (χ4v) is 5.69. The molecular formula is C22H25BrN6O3S. The molecule has 1 aliphatic heterocycles. The Morgan fingerprint density at radius 2 is 1.85 bits per heavy atom. The Morgan fingerprint density at radius 3 is 2.55 bits per heavy atom. The van der Waals surface area contributed by atoms with Gasteiger partial charge in [0.15, 0.2) is 0 Å². The highest BCUT2D eigenvalue weighted by Crippen LogP contribution is 2.31. The minimum absolute atomic E-state index is 0.173. The normalized spacial score (nSPS) is 14.8. The summed E-state index contributed by atoms with van der Waals surface area (Å²) in [4.78, 5) is 15.5. The number of nitrogens with one attached hydrogen (secondary N) is 1. The van der Waals surface area contributed by atoms with Gasteiger partial charge in [0.1, 0.15) is 33.9 Å². The zero-order valence-electron chi connectivity index (χ0n) is 18.4. The van der Waals surface area contributed by atoms with Gasteiger partial charge in [-0.05, 0) is 44.2 Å². The fraction of sp³-hybridized carbons (Fsp3) is 0.318. The summed E-state index contributed by atoms with van der Waals surface area (Å²) in [5.74, 6) is 3.06. The van der Waals surface area contributed by atoms with Crippen LogP contribution in [-0.4, -0.2) is 60.5 Å². The SMILES string of the molecule is CCOc1ccc(Br)cc1S(=O)(=O)N1CCN(c2cc(Nc3ccccn3)nc(C)n2)CC1. The lowest BCUT2D eigenvalue weighted by Crippen LogP contribution is -2.49. The van der Waals surface area contributed by atoms with Crippen LogP contribution in [0.4, 0.5) is 17.5 Å². The molecule has 1 aliphatic rings. The highest BCUT2D eigenvalue weighted by Gasteiger charge is 2.31. The van der Waals surface area contributed by atoms with E-state index in [-0.39, 0.29) is 4.90 Å². The van der Waals surface area contributed by atoms with Gasteiger partial charge in [-0.2, -0.15) is 4.31 Å². The molecule has 33 heavy (non-hydrogen) atoms. The molecule has 174 valence electrons. The third-order valence-electron chi connectivity index (χ3n) is 5.13. The molecule has 1 N–H and O–H groups in total. The second kappa shape index (κ2) is 10.0. The van der Waals surface area contributed by atoms with Gasteiger partial charge in [-0.25, -0.2) is 23.4 Å². The van der Waals surface area contributed by atoms with Crippen molar-refractivity contribution < 1.29 is 13.2 Å². The van der Waals surface area contributed by atoms with Crippen molar-refractivity contribution >= 4 is 43.4 Å². The smallest absolute Gasteiger partial charge is 0.246 e. The van der Waals surface area contributed by atoms with Crippen molar-refractivity contribution in [1.82, 2.24) is 19.3 Å². The average molecular weight is 533 g/mol. The molecule has 0 radical (unpaired) electrons. The number of benzene rings is 1. The molecule has 11 heteroatoms. The molecule has 0 spiro atoms. The van der Waals surface area contributed by atoms with E-state index < -0.39 is 10.0 Å². The lowest BCUT2D eigenvalue weighted by Gasteiger charge is -2.35. The van der Waals surface area contributed by atoms with Crippen LogP contribution in [0.1, 0.15) is 12.7 Å². The van der Waals surface area contributed by atoms with Gasteiger partial charge in [-0.15, -0.1) is 0 Å². The summed E-state index contributed by atoms with van der Waals surface area (Å²) in [5, 5.41) is 3.19. The maximum Gasteiger partial charge on any atom is 0.246 e. The average Bonchev–Trinajstić information content (AvgIpc) is 2.81. The van der Waals surface area contributed by atoms with Crippen molar-refractivity contribution in [2.45, 2.75) is 18.7 Å². The first kappa shape index (κ1) is 23.4. The van der Waals surface area contributed by atoms with Gasteiger partial charge in [-0.1, -0.05) is 22.0 Å². The number of aryl methyl sites for hydroxylation is 1. The van der Waals surface area contributed by atoms with Crippen molar-refractivity contribution in [2.75, 3.05) is 43.0 Å². The number of rotatable bonds is 7. The number of anilines is 3. The van der Waals surface area contributed by atoms with Crippen LogP contribution in [0.5, 0.6) is 5.75 Å². The number of halogens is 1. The van der Waals surface area contributed by atoms with E-state index in [1.54, 1.807) is 24.4 Å². The molecule has 0 bridgehead atoms. The van der Waals surface area contributed by atoms with Crippen molar-refractivity contribution in [1.29, 1.82) is 0 Å². The molecule has 0 saturated carbocycles. The molecule has 1 saturated heterocycles. The Labute approximate surface area is 202 Å². The summed E-state index contributed by atoms with van der Waals surface area (Å²) in [5.41, 5.74) is 0. The first-order valence-electron chi connectivity index (χ1n) is 10.6. The van der Waals surface area contributed by atoms with E-state index in [4.69, 9.17) is 4.74 Å². The minimum Gasteiger partial charge on any atom is -0.492 e. The first-order chi connectivity index (χ1) is 15.9. The van der Waals surface area contributed by atoms with Crippen molar-refractivity contribution in [3.8, 4) is 5.75 Å². The number of hydrogen-bond donors (Lipinski definition) is 1. The predicted octanol–water partition coefficient (Wildman–Crippen LogP) is 3.60. The maximum absolute atomic E-state index is 13.4. The number of piperazine rings is 1. The van der Waals surface area contributed by atoms with Gasteiger partial charge in [0, 0.05) is 42.9 Å². The number of pyridine rings is 1. The van der Waals surface area contributed by atoms with Gasteiger partial charge < -0.3 is 15.0 Å². The molecule has 1 aromatic carbocycles. The van der Waals surface area contributed by atoms with Crippen molar-refractivity contribution in [3.05, 3.63) is 59.0 Å². The molecule has 2 aromatic heterocycles. The molecule has 3 aromatic rings. The molecule has 0 aliphatic carbocycles. The quantitative estimate of drug-likeness (QED) is 0.492. The van der Waals surface area contributed by atoms with Crippen molar-refractivity contribution in [3.63, 3.8) is 0 Å². The van der Waals surface area contributed by atoms with Crippen LogP contribution in [0.3, 0.4) is 0 Å². The molecule has 0 atom stereocenters. The van der Waals surface area contributed by atoms with Gasteiger partial charge >= 0.3 is 0 Å². The number of nitrogens with zero attached hydrogens (tertiary/aromatic N) is 5. The third-order valence-corrected chi connectivity index (χ3v) is 7.54. The van der Waals surface area contributed by atoms with E-state index in [1.807, 2.05) is 38.1 Å². The third kappa shape index (κ3) is 5.43. The van der Waals surface area contributed by atoms with Gasteiger partial charge in [0.25, 0.3) is 0 Å². The Morgan fingerprint density at radius 1 is 1.06 bits per heavy atom. The van der Waals surface area contributed by atoms with E-state index in [1.165, 1.54) is 4.31 Å². The fourth-order valence-electron chi connectivity index (χ4n) is 3.60. The zero-order valence-corrected chi connectivity index (χ0v) is 20.8. The topological polar surface area (TPSA) is 101 Å². The zero-order chi connectivity index (χ0) is 23.4. The molecule has 0 unspecified atom stereocenters. The standard InChI is InChI=1S/C22H25BrN6O3S/c1-3-32-18-8-7-17(23)14-19(18)33(30,31)29-12-10-28(11-13-29)22-15-21(25-16(2)26-22)27-20-6-4-5-9-24-20/h4-9,14-15H,3,10-13H2,1-2H3,(H,24,25,26,27).